The SMILES string of the molecule is N#CCC1(n2ccc(-c3nc(-c4ccnc(CO)c4)cc4ncccc34)n2)CC(C#N)C1. The molecule has 0 aliphatic heterocycles. The van der Waals surface area contributed by atoms with Gasteiger partial charge in [-0.25, -0.2) is 4.98 Å². The van der Waals surface area contributed by atoms with Gasteiger partial charge in [-0.05, 0) is 49.2 Å². The summed E-state index contributed by atoms with van der Waals surface area (Å²) in [6.07, 6.45) is 6.80. The topological polar surface area (TPSA) is 124 Å². The summed E-state index contributed by atoms with van der Waals surface area (Å²) in [7, 11) is 0. The Labute approximate surface area is 184 Å². The minimum atomic E-state index is -0.444. The van der Waals surface area contributed by atoms with E-state index < -0.39 is 5.54 Å². The number of aliphatic hydroxyl groups excluding tert-OH is 1. The van der Waals surface area contributed by atoms with Gasteiger partial charge >= 0.3 is 0 Å². The van der Waals surface area contributed by atoms with E-state index >= 15 is 0 Å². The summed E-state index contributed by atoms with van der Waals surface area (Å²) < 4.78 is 1.83. The van der Waals surface area contributed by atoms with E-state index in [2.05, 4.69) is 22.1 Å². The highest BCUT2D eigenvalue weighted by molar-refractivity contribution is 5.93. The molecule has 1 N–H and O–H groups in total. The molecule has 5 rings (SSSR count). The molecular weight excluding hydrogens is 402 g/mol. The average molecular weight is 421 g/mol. The summed E-state index contributed by atoms with van der Waals surface area (Å²) in [5, 5.41) is 33.7. The summed E-state index contributed by atoms with van der Waals surface area (Å²) in [6, 6.07) is 15.8. The summed E-state index contributed by atoms with van der Waals surface area (Å²) >= 11 is 0. The molecule has 1 saturated carbocycles. The van der Waals surface area contributed by atoms with E-state index in [1.54, 1.807) is 18.5 Å². The Bertz CT molecular complexity index is 1390. The molecule has 0 radical (unpaired) electrons. The lowest BCUT2D eigenvalue weighted by molar-refractivity contribution is 0.0884. The first-order chi connectivity index (χ1) is 15.7. The number of hydrogen-bond donors (Lipinski definition) is 1. The first kappa shape index (κ1) is 19.8. The molecule has 1 aliphatic carbocycles. The number of rotatable bonds is 5. The summed E-state index contributed by atoms with van der Waals surface area (Å²) in [4.78, 5) is 13.5. The monoisotopic (exact) mass is 421 g/mol. The van der Waals surface area contributed by atoms with Crippen LogP contribution in [-0.4, -0.2) is 29.8 Å². The smallest absolute Gasteiger partial charge is 0.111 e. The molecule has 0 unspecified atom stereocenters. The number of aromatic nitrogens is 5. The first-order valence-electron chi connectivity index (χ1n) is 10.3. The quantitative estimate of drug-likeness (QED) is 0.522. The molecule has 156 valence electrons. The Hall–Kier alpha value is -4.14. The molecule has 0 amide bonds. The van der Waals surface area contributed by atoms with Gasteiger partial charge in [0.15, 0.2) is 0 Å². The van der Waals surface area contributed by atoms with Gasteiger partial charge in [0.1, 0.15) is 11.4 Å². The van der Waals surface area contributed by atoms with E-state index in [1.807, 2.05) is 41.2 Å². The van der Waals surface area contributed by atoms with Crippen LogP contribution in [0.3, 0.4) is 0 Å². The van der Waals surface area contributed by atoms with Crippen LogP contribution in [0.1, 0.15) is 25.0 Å². The highest BCUT2D eigenvalue weighted by Crippen LogP contribution is 2.46. The van der Waals surface area contributed by atoms with E-state index in [4.69, 9.17) is 10.1 Å². The maximum Gasteiger partial charge on any atom is 0.111 e. The van der Waals surface area contributed by atoms with Gasteiger partial charge in [0.2, 0.25) is 0 Å². The molecule has 0 bridgehead atoms. The van der Waals surface area contributed by atoms with E-state index in [0.717, 1.165) is 16.5 Å². The van der Waals surface area contributed by atoms with Crippen LogP contribution in [0.25, 0.3) is 33.5 Å². The maximum atomic E-state index is 9.45. The molecule has 0 atom stereocenters. The van der Waals surface area contributed by atoms with Gasteiger partial charge in [0, 0.05) is 29.5 Å². The molecule has 4 aromatic heterocycles. The van der Waals surface area contributed by atoms with E-state index in [-0.39, 0.29) is 12.5 Å². The summed E-state index contributed by atoms with van der Waals surface area (Å²) in [5.74, 6) is -0.0464. The fourth-order valence-corrected chi connectivity index (χ4v) is 4.37. The van der Waals surface area contributed by atoms with Crippen LogP contribution in [0, 0.1) is 28.6 Å². The van der Waals surface area contributed by atoms with Crippen molar-refractivity contribution in [1.82, 2.24) is 24.7 Å². The van der Waals surface area contributed by atoms with E-state index in [0.29, 0.717) is 42.0 Å². The van der Waals surface area contributed by atoms with Crippen LogP contribution >= 0.6 is 0 Å². The third kappa shape index (κ3) is 3.27. The zero-order valence-corrected chi connectivity index (χ0v) is 17.2. The molecular formula is C24H19N7O. The average Bonchev–Trinajstić information content (AvgIpc) is 3.31. The Balaban J connectivity index is 1.62. The van der Waals surface area contributed by atoms with Gasteiger partial charge in [-0.3, -0.25) is 14.6 Å². The number of hydrogen-bond acceptors (Lipinski definition) is 7. The van der Waals surface area contributed by atoms with Gasteiger partial charge in [-0.2, -0.15) is 15.6 Å². The lowest BCUT2D eigenvalue weighted by Crippen LogP contribution is -2.46. The molecule has 0 spiro atoms. The molecule has 8 nitrogen and oxygen atoms in total. The number of nitriles is 2. The molecule has 1 fully saturated rings. The second-order valence-electron chi connectivity index (χ2n) is 8.06. The Morgan fingerprint density at radius 3 is 2.75 bits per heavy atom. The van der Waals surface area contributed by atoms with Crippen molar-refractivity contribution in [3.8, 4) is 34.8 Å². The van der Waals surface area contributed by atoms with Gasteiger partial charge in [0.25, 0.3) is 0 Å². The van der Waals surface area contributed by atoms with Gasteiger partial charge in [-0.15, -0.1) is 0 Å². The molecule has 32 heavy (non-hydrogen) atoms. The molecule has 8 heteroatoms. The van der Waals surface area contributed by atoms with Crippen molar-refractivity contribution in [2.45, 2.75) is 31.4 Å². The summed E-state index contributed by atoms with van der Waals surface area (Å²) in [5.41, 5.74) is 3.80. The number of fused-ring (bicyclic) bond motifs is 1. The maximum absolute atomic E-state index is 9.45. The number of pyridine rings is 3. The standard InChI is InChI=1S/C24H19N7O/c25-6-5-24(12-16(13-24)14-26)31-9-4-20(30-31)23-19-2-1-7-28-22(19)11-21(29-23)17-3-8-27-18(10-17)15-32/h1-4,7-11,16,32H,5,12-13,15H2. The first-order valence-corrected chi connectivity index (χ1v) is 10.3. The molecule has 4 heterocycles. The fraction of sp³-hybridized carbons (Fsp3) is 0.250. The highest BCUT2D eigenvalue weighted by atomic mass is 16.3. The second-order valence-corrected chi connectivity index (χ2v) is 8.06. The third-order valence-corrected chi connectivity index (χ3v) is 6.03. The van der Waals surface area contributed by atoms with Crippen LogP contribution in [0.5, 0.6) is 0 Å². The van der Waals surface area contributed by atoms with Crippen LogP contribution in [-0.2, 0) is 12.1 Å². The second kappa shape index (κ2) is 7.84. The van der Waals surface area contributed by atoms with Crippen molar-refractivity contribution in [2.24, 2.45) is 5.92 Å². The largest absolute Gasteiger partial charge is 0.390 e. The van der Waals surface area contributed by atoms with Crippen molar-refractivity contribution in [3.05, 3.63) is 60.7 Å². The third-order valence-electron chi connectivity index (χ3n) is 6.03. The predicted molar refractivity (Wildman–Crippen MR) is 116 cm³/mol. The minimum Gasteiger partial charge on any atom is -0.390 e. The highest BCUT2D eigenvalue weighted by Gasteiger charge is 2.46. The minimum absolute atomic E-state index is 0.0464. The van der Waals surface area contributed by atoms with Crippen LogP contribution < -0.4 is 0 Å². The molecule has 0 saturated heterocycles. The lowest BCUT2D eigenvalue weighted by Gasteiger charge is -2.43. The van der Waals surface area contributed by atoms with Crippen molar-refractivity contribution < 1.29 is 5.11 Å². The fourth-order valence-electron chi connectivity index (χ4n) is 4.37. The Kier molecular flexibility index (Phi) is 4.85. The van der Waals surface area contributed by atoms with E-state index in [1.165, 1.54) is 0 Å². The summed E-state index contributed by atoms with van der Waals surface area (Å²) in [6.45, 7) is -0.151. The van der Waals surface area contributed by atoms with Crippen molar-refractivity contribution in [3.63, 3.8) is 0 Å². The molecule has 1 aliphatic rings. The zero-order valence-electron chi connectivity index (χ0n) is 17.2. The van der Waals surface area contributed by atoms with Gasteiger partial charge < -0.3 is 5.11 Å². The molecule has 0 aromatic carbocycles. The van der Waals surface area contributed by atoms with Crippen LogP contribution in [0.2, 0.25) is 0 Å². The van der Waals surface area contributed by atoms with Crippen LogP contribution in [0.15, 0.2) is 55.0 Å². The van der Waals surface area contributed by atoms with Crippen LogP contribution in [0.4, 0.5) is 0 Å². The Morgan fingerprint density at radius 2 is 1.97 bits per heavy atom. The number of nitrogens with zero attached hydrogens (tertiary/aromatic N) is 7. The van der Waals surface area contributed by atoms with Gasteiger partial charge in [-0.1, -0.05) is 0 Å². The number of aliphatic hydroxyl groups is 1. The lowest BCUT2D eigenvalue weighted by atomic mass is 9.67. The van der Waals surface area contributed by atoms with E-state index in [9.17, 15) is 15.6 Å². The predicted octanol–water partition coefficient (Wildman–Crippen LogP) is 3.59. The Morgan fingerprint density at radius 1 is 1.09 bits per heavy atom. The molecule has 4 aromatic rings. The normalized spacial score (nSPS) is 19.8. The van der Waals surface area contributed by atoms with Crippen molar-refractivity contribution in [2.75, 3.05) is 0 Å². The van der Waals surface area contributed by atoms with Crippen molar-refractivity contribution >= 4 is 10.9 Å². The van der Waals surface area contributed by atoms with Gasteiger partial charge in [0.05, 0.1) is 53.5 Å². The van der Waals surface area contributed by atoms with Crippen molar-refractivity contribution in [1.29, 1.82) is 10.5 Å². The zero-order chi connectivity index (χ0) is 22.1.